The van der Waals surface area contributed by atoms with Gasteiger partial charge in [-0.1, -0.05) is 6.07 Å². The topological polar surface area (TPSA) is 67.4 Å². The van der Waals surface area contributed by atoms with Crippen LogP contribution in [0.5, 0.6) is 11.5 Å². The van der Waals surface area contributed by atoms with Gasteiger partial charge in [-0.15, -0.1) is 0 Å². The van der Waals surface area contributed by atoms with E-state index in [-0.39, 0.29) is 0 Å². The van der Waals surface area contributed by atoms with Gasteiger partial charge in [-0.25, -0.2) is 4.99 Å². The fraction of sp³-hybridized carbons (Fsp3) is 0.696. The molecule has 1 aromatic rings. The Bertz CT molecular complexity index is 656. The first-order chi connectivity index (χ1) is 14.8. The van der Waals surface area contributed by atoms with E-state index < -0.39 is 0 Å². The minimum atomic E-state index is 0.308. The zero-order valence-electron chi connectivity index (χ0n) is 18.6. The average molecular weight is 419 g/mol. The maximum absolute atomic E-state index is 6.21. The summed E-state index contributed by atoms with van der Waals surface area (Å²) in [6, 6.07) is 6.12. The number of rotatable bonds is 10. The van der Waals surface area contributed by atoms with Gasteiger partial charge in [-0.3, -0.25) is 4.90 Å². The van der Waals surface area contributed by atoms with Crippen LogP contribution in [0.1, 0.15) is 44.6 Å². The number of nitrogens with zero attached hydrogens (tertiary/aromatic N) is 2. The zero-order valence-corrected chi connectivity index (χ0v) is 18.6. The lowest BCUT2D eigenvalue weighted by atomic mass is 10.2. The molecule has 1 heterocycles. The number of hydrogen-bond acceptors (Lipinski definition) is 5. The highest BCUT2D eigenvalue weighted by Crippen LogP contribution is 2.32. The van der Waals surface area contributed by atoms with Gasteiger partial charge in [-0.2, -0.15) is 0 Å². The Balaban J connectivity index is 1.51. The fourth-order valence-corrected chi connectivity index (χ4v) is 3.94. The van der Waals surface area contributed by atoms with Gasteiger partial charge < -0.3 is 24.8 Å². The molecule has 3 rings (SSSR count). The first-order valence-electron chi connectivity index (χ1n) is 11.4. The van der Waals surface area contributed by atoms with Gasteiger partial charge in [-0.05, 0) is 63.3 Å². The van der Waals surface area contributed by atoms with Crippen LogP contribution in [-0.2, 0) is 11.3 Å². The highest BCUT2D eigenvalue weighted by atomic mass is 16.5. The van der Waals surface area contributed by atoms with Crippen LogP contribution >= 0.6 is 0 Å². The van der Waals surface area contributed by atoms with Crippen LogP contribution in [-0.4, -0.2) is 70.0 Å². The van der Waals surface area contributed by atoms with Gasteiger partial charge in [0.05, 0.1) is 33.0 Å². The summed E-state index contributed by atoms with van der Waals surface area (Å²) in [6.07, 6.45) is 6.16. The molecule has 2 fully saturated rings. The molecule has 1 aliphatic carbocycles. The van der Waals surface area contributed by atoms with Crippen molar-refractivity contribution in [3.05, 3.63) is 23.8 Å². The van der Waals surface area contributed by atoms with E-state index in [0.29, 0.717) is 12.6 Å². The maximum Gasteiger partial charge on any atom is 0.191 e. The summed E-state index contributed by atoms with van der Waals surface area (Å²) < 4.78 is 17.1. The highest BCUT2D eigenvalue weighted by Gasteiger charge is 2.18. The predicted octanol–water partition coefficient (Wildman–Crippen LogP) is 2.79. The molecule has 30 heavy (non-hydrogen) atoms. The van der Waals surface area contributed by atoms with Crippen LogP contribution in [0.4, 0.5) is 0 Å². The predicted molar refractivity (Wildman–Crippen MR) is 121 cm³/mol. The Morgan fingerprint density at radius 1 is 1.17 bits per heavy atom. The summed E-state index contributed by atoms with van der Waals surface area (Å²) in [7, 11) is 1.69. The van der Waals surface area contributed by atoms with Crippen molar-refractivity contribution in [2.75, 3.05) is 53.0 Å². The minimum absolute atomic E-state index is 0.308. The average Bonchev–Trinajstić information content (AvgIpc) is 3.29. The normalized spacial score (nSPS) is 18.4. The number of guanidine groups is 1. The van der Waals surface area contributed by atoms with E-state index in [4.69, 9.17) is 19.2 Å². The molecule has 1 saturated heterocycles. The summed E-state index contributed by atoms with van der Waals surface area (Å²) in [5.74, 6) is 2.48. The second-order valence-electron chi connectivity index (χ2n) is 7.94. The number of ether oxygens (including phenoxy) is 3. The standard InChI is InChI=1S/C23H38N4O3/c1-3-24-23(25-11-6-12-27-13-15-29-16-14-27)26-18-19-9-10-21(28-2)22(17-19)30-20-7-4-5-8-20/h9-10,17,20H,3-8,11-16,18H2,1-2H3,(H2,24,25,26). The lowest BCUT2D eigenvalue weighted by Gasteiger charge is -2.26. The van der Waals surface area contributed by atoms with Crippen molar-refractivity contribution in [3.63, 3.8) is 0 Å². The fourth-order valence-electron chi connectivity index (χ4n) is 3.94. The van der Waals surface area contributed by atoms with E-state index in [2.05, 4.69) is 34.6 Å². The van der Waals surface area contributed by atoms with Crippen molar-refractivity contribution in [1.29, 1.82) is 0 Å². The summed E-state index contributed by atoms with van der Waals surface area (Å²) in [5, 5.41) is 6.79. The molecule has 1 saturated carbocycles. The van der Waals surface area contributed by atoms with Crippen molar-refractivity contribution in [3.8, 4) is 11.5 Å². The smallest absolute Gasteiger partial charge is 0.191 e. The molecule has 0 radical (unpaired) electrons. The van der Waals surface area contributed by atoms with E-state index in [0.717, 1.165) is 88.2 Å². The minimum Gasteiger partial charge on any atom is -0.493 e. The quantitative estimate of drug-likeness (QED) is 0.346. The van der Waals surface area contributed by atoms with E-state index in [1.807, 2.05) is 6.07 Å². The summed E-state index contributed by atoms with van der Waals surface area (Å²) >= 11 is 0. The molecule has 2 aliphatic rings. The molecule has 0 unspecified atom stereocenters. The molecule has 7 nitrogen and oxygen atoms in total. The molecule has 1 aliphatic heterocycles. The molecule has 0 atom stereocenters. The second-order valence-corrected chi connectivity index (χ2v) is 7.94. The lowest BCUT2D eigenvalue weighted by Crippen LogP contribution is -2.40. The third-order valence-electron chi connectivity index (χ3n) is 5.64. The van der Waals surface area contributed by atoms with Crippen LogP contribution in [0.15, 0.2) is 23.2 Å². The van der Waals surface area contributed by atoms with E-state index in [1.54, 1.807) is 7.11 Å². The van der Waals surface area contributed by atoms with Crippen molar-refractivity contribution in [2.45, 2.75) is 51.7 Å². The molecule has 0 spiro atoms. The molecule has 168 valence electrons. The van der Waals surface area contributed by atoms with Crippen molar-refractivity contribution in [2.24, 2.45) is 4.99 Å². The largest absolute Gasteiger partial charge is 0.493 e. The number of morpholine rings is 1. The second kappa shape index (κ2) is 12.6. The zero-order chi connectivity index (χ0) is 21.0. The van der Waals surface area contributed by atoms with Gasteiger partial charge in [0.1, 0.15) is 0 Å². The van der Waals surface area contributed by atoms with Crippen LogP contribution in [0, 0.1) is 0 Å². The number of nitrogens with one attached hydrogen (secondary N) is 2. The Labute approximate surface area is 181 Å². The molecule has 0 bridgehead atoms. The van der Waals surface area contributed by atoms with E-state index >= 15 is 0 Å². The Morgan fingerprint density at radius 2 is 1.97 bits per heavy atom. The molecule has 0 aromatic heterocycles. The Morgan fingerprint density at radius 3 is 2.70 bits per heavy atom. The Kier molecular flexibility index (Phi) is 9.57. The summed E-state index contributed by atoms with van der Waals surface area (Å²) in [6.45, 7) is 9.31. The van der Waals surface area contributed by atoms with Gasteiger partial charge >= 0.3 is 0 Å². The molecule has 7 heteroatoms. The highest BCUT2D eigenvalue weighted by molar-refractivity contribution is 5.79. The van der Waals surface area contributed by atoms with Crippen LogP contribution in [0.3, 0.4) is 0 Å². The maximum atomic E-state index is 6.21. The van der Waals surface area contributed by atoms with Gasteiger partial charge in [0, 0.05) is 26.2 Å². The number of hydrogen-bond donors (Lipinski definition) is 2. The third kappa shape index (κ3) is 7.36. The molecule has 2 N–H and O–H groups in total. The molecular weight excluding hydrogens is 380 g/mol. The van der Waals surface area contributed by atoms with Crippen LogP contribution in [0.2, 0.25) is 0 Å². The first kappa shape index (κ1) is 22.7. The van der Waals surface area contributed by atoms with Crippen LogP contribution in [0.25, 0.3) is 0 Å². The monoisotopic (exact) mass is 418 g/mol. The Hall–Kier alpha value is -1.99. The van der Waals surface area contributed by atoms with Crippen molar-refractivity contribution in [1.82, 2.24) is 15.5 Å². The van der Waals surface area contributed by atoms with Gasteiger partial charge in [0.15, 0.2) is 17.5 Å². The van der Waals surface area contributed by atoms with Crippen molar-refractivity contribution < 1.29 is 14.2 Å². The third-order valence-corrected chi connectivity index (χ3v) is 5.64. The molecular formula is C23H38N4O3. The van der Waals surface area contributed by atoms with Crippen LogP contribution < -0.4 is 20.1 Å². The number of aliphatic imine (C=N–C) groups is 1. The summed E-state index contributed by atoms with van der Waals surface area (Å²) in [4.78, 5) is 7.22. The number of methoxy groups -OCH3 is 1. The SMILES string of the molecule is CCNC(=NCc1ccc(OC)c(OC2CCCC2)c1)NCCCN1CCOCC1. The van der Waals surface area contributed by atoms with Gasteiger partial charge in [0.2, 0.25) is 0 Å². The van der Waals surface area contributed by atoms with Gasteiger partial charge in [0.25, 0.3) is 0 Å². The first-order valence-corrected chi connectivity index (χ1v) is 11.4. The van der Waals surface area contributed by atoms with Crippen molar-refractivity contribution >= 4 is 5.96 Å². The van der Waals surface area contributed by atoms with E-state index in [9.17, 15) is 0 Å². The molecule has 0 amide bonds. The van der Waals surface area contributed by atoms with E-state index in [1.165, 1.54) is 12.8 Å². The molecule has 1 aromatic carbocycles. The number of benzene rings is 1. The lowest BCUT2D eigenvalue weighted by molar-refractivity contribution is 0.0376. The summed E-state index contributed by atoms with van der Waals surface area (Å²) in [5.41, 5.74) is 1.12.